The molecule has 11 heteroatoms. The van der Waals surface area contributed by atoms with E-state index in [1.807, 2.05) is 25.3 Å². The molecule has 0 radical (unpaired) electrons. The number of fused-ring (bicyclic) bond motifs is 1. The maximum atomic E-state index is 13.4. The normalized spacial score (nSPS) is 13.3. The molecule has 8 nitrogen and oxygen atoms in total. The van der Waals surface area contributed by atoms with Gasteiger partial charge in [-0.2, -0.15) is 0 Å². The van der Waals surface area contributed by atoms with Gasteiger partial charge in [-0.05, 0) is 46.6 Å². The zero-order chi connectivity index (χ0) is 25.2. The second-order valence-electron chi connectivity index (χ2n) is 8.35. The Bertz CT molecular complexity index is 1450. The second kappa shape index (κ2) is 10.6. The summed E-state index contributed by atoms with van der Waals surface area (Å²) in [5.74, 6) is 0.223. The molecule has 1 amide bonds. The van der Waals surface area contributed by atoms with Crippen molar-refractivity contribution in [2.75, 3.05) is 19.0 Å². The zero-order valence-electron chi connectivity index (χ0n) is 19.6. The van der Waals surface area contributed by atoms with Gasteiger partial charge < -0.3 is 4.74 Å². The molecule has 36 heavy (non-hydrogen) atoms. The lowest BCUT2D eigenvalue weighted by Crippen LogP contribution is -2.29. The molecule has 0 aliphatic carbocycles. The van der Waals surface area contributed by atoms with E-state index in [-0.39, 0.29) is 5.91 Å². The van der Waals surface area contributed by atoms with Crippen LogP contribution < -0.4 is 10.1 Å². The summed E-state index contributed by atoms with van der Waals surface area (Å²) in [7, 11) is 1.55. The van der Waals surface area contributed by atoms with Crippen molar-refractivity contribution in [2.24, 2.45) is 0 Å². The molecule has 0 saturated heterocycles. The number of amides is 1. The molecule has 0 unspecified atom stereocenters. The maximum absolute atomic E-state index is 13.4. The van der Waals surface area contributed by atoms with E-state index < -0.39 is 0 Å². The quantitative estimate of drug-likeness (QED) is 0.297. The van der Waals surface area contributed by atoms with Crippen molar-refractivity contribution in [3.8, 4) is 16.9 Å². The van der Waals surface area contributed by atoms with E-state index in [2.05, 4.69) is 41.1 Å². The highest BCUT2D eigenvalue weighted by Gasteiger charge is 2.24. The molecule has 0 bridgehead atoms. The summed E-state index contributed by atoms with van der Waals surface area (Å²) in [5, 5.41) is 3.86. The van der Waals surface area contributed by atoms with Crippen LogP contribution in [0.15, 0.2) is 47.5 Å². The molecule has 4 aromatic rings. The van der Waals surface area contributed by atoms with Crippen LogP contribution >= 0.6 is 38.9 Å². The van der Waals surface area contributed by atoms with Crippen LogP contribution in [-0.4, -0.2) is 44.4 Å². The molecule has 4 aromatic heterocycles. The van der Waals surface area contributed by atoms with Crippen LogP contribution in [0, 0.1) is 6.92 Å². The third-order valence-corrected chi connectivity index (χ3v) is 7.83. The van der Waals surface area contributed by atoms with Crippen molar-refractivity contribution < 1.29 is 9.53 Å². The van der Waals surface area contributed by atoms with Gasteiger partial charge in [-0.15, -0.1) is 11.3 Å². The van der Waals surface area contributed by atoms with Gasteiger partial charge in [0, 0.05) is 70.8 Å². The number of rotatable bonds is 6. The summed E-state index contributed by atoms with van der Waals surface area (Å²) in [6.07, 6.45) is 7.55. The van der Waals surface area contributed by atoms with E-state index in [0.29, 0.717) is 32.7 Å². The van der Waals surface area contributed by atoms with E-state index in [4.69, 9.17) is 21.3 Å². The number of aromatic nitrogens is 4. The highest BCUT2D eigenvalue weighted by molar-refractivity contribution is 9.10. The third-order valence-electron chi connectivity index (χ3n) is 5.91. The van der Waals surface area contributed by atoms with Crippen LogP contribution in [-0.2, 0) is 19.5 Å². The molecule has 1 aliphatic rings. The molecule has 0 spiro atoms. The van der Waals surface area contributed by atoms with Gasteiger partial charge in [0.05, 0.1) is 24.6 Å². The van der Waals surface area contributed by atoms with Gasteiger partial charge in [-0.25, -0.2) is 9.97 Å². The number of nitrogens with one attached hydrogen (secondary N) is 1. The number of carbonyl (C=O) groups is 1. The Morgan fingerprint density at radius 1 is 1.25 bits per heavy atom. The molecule has 5 rings (SSSR count). The largest absolute Gasteiger partial charge is 0.494 e. The van der Waals surface area contributed by atoms with Crippen LogP contribution in [0.3, 0.4) is 0 Å². The molecule has 0 aromatic carbocycles. The highest BCUT2D eigenvalue weighted by Crippen LogP contribution is 2.35. The standard InChI is InChI=1S/C25H22BrClN6O2S/c1-14-7-16(17-8-23(27)30-11-21(17)35-2)18(9-29-14)24(34)32-25-31-20-4-6-33(13-22(20)36-25)12-15-3-5-28-10-19(15)26/h3,5,7-11H,4,6,12-13H2,1-2H3,(H,31,32,34). The lowest BCUT2D eigenvalue weighted by Gasteiger charge is -2.26. The van der Waals surface area contributed by atoms with Crippen molar-refractivity contribution in [1.82, 2.24) is 24.8 Å². The summed E-state index contributed by atoms with van der Waals surface area (Å²) in [6.45, 7) is 4.36. The van der Waals surface area contributed by atoms with E-state index >= 15 is 0 Å². The fourth-order valence-corrected chi connectivity index (χ4v) is 5.71. The van der Waals surface area contributed by atoms with Gasteiger partial charge in [-0.3, -0.25) is 25.0 Å². The van der Waals surface area contributed by atoms with Gasteiger partial charge in [0.25, 0.3) is 5.91 Å². The maximum Gasteiger partial charge on any atom is 0.259 e. The Hall–Kier alpha value is -2.92. The molecule has 1 aliphatic heterocycles. The lowest BCUT2D eigenvalue weighted by atomic mass is 10.0. The molecule has 5 heterocycles. The number of carbonyl (C=O) groups excluding carboxylic acids is 1. The van der Waals surface area contributed by atoms with E-state index in [9.17, 15) is 4.79 Å². The topological polar surface area (TPSA) is 93.1 Å². The van der Waals surface area contributed by atoms with Crippen molar-refractivity contribution >= 4 is 49.9 Å². The molecule has 1 N–H and O–H groups in total. The summed E-state index contributed by atoms with van der Waals surface area (Å²) in [6, 6.07) is 5.55. The Morgan fingerprint density at radius 2 is 2.11 bits per heavy atom. The van der Waals surface area contributed by atoms with Crippen LogP contribution in [0.4, 0.5) is 5.13 Å². The summed E-state index contributed by atoms with van der Waals surface area (Å²) in [5.41, 5.74) is 4.73. The van der Waals surface area contributed by atoms with Crippen molar-refractivity contribution in [3.63, 3.8) is 0 Å². The van der Waals surface area contributed by atoms with Gasteiger partial charge >= 0.3 is 0 Å². The van der Waals surface area contributed by atoms with Gasteiger partial charge in [0.1, 0.15) is 10.9 Å². The number of pyridine rings is 3. The van der Waals surface area contributed by atoms with Gasteiger partial charge in [0.2, 0.25) is 0 Å². The number of ether oxygens (including phenoxy) is 1. The molecule has 0 atom stereocenters. The highest BCUT2D eigenvalue weighted by atomic mass is 79.9. The first kappa shape index (κ1) is 24.8. The predicted molar refractivity (Wildman–Crippen MR) is 144 cm³/mol. The van der Waals surface area contributed by atoms with Gasteiger partial charge in [0.15, 0.2) is 5.13 Å². The smallest absolute Gasteiger partial charge is 0.259 e. The minimum atomic E-state index is -0.295. The van der Waals surface area contributed by atoms with Crippen LogP contribution in [0.5, 0.6) is 5.75 Å². The molecule has 0 fully saturated rings. The van der Waals surface area contributed by atoms with Crippen LogP contribution in [0.2, 0.25) is 5.15 Å². The number of nitrogens with zero attached hydrogens (tertiary/aromatic N) is 5. The number of methoxy groups -OCH3 is 1. The average Bonchev–Trinajstić information content (AvgIpc) is 3.26. The van der Waals surface area contributed by atoms with Crippen LogP contribution in [0.1, 0.15) is 32.2 Å². The Labute approximate surface area is 225 Å². The number of anilines is 1. The first-order valence-electron chi connectivity index (χ1n) is 11.2. The van der Waals surface area contributed by atoms with E-state index in [0.717, 1.165) is 46.8 Å². The van der Waals surface area contributed by atoms with Crippen molar-refractivity contribution in [3.05, 3.63) is 80.0 Å². The Balaban J connectivity index is 1.37. The number of halogens is 2. The summed E-state index contributed by atoms with van der Waals surface area (Å²) < 4.78 is 6.47. The first-order valence-corrected chi connectivity index (χ1v) is 13.2. The third kappa shape index (κ3) is 5.27. The Kier molecular flexibility index (Phi) is 7.29. The number of hydrogen-bond donors (Lipinski definition) is 1. The second-order valence-corrected chi connectivity index (χ2v) is 10.7. The Morgan fingerprint density at radius 3 is 2.92 bits per heavy atom. The molecular weight excluding hydrogens is 564 g/mol. The fourth-order valence-electron chi connectivity index (χ4n) is 4.13. The SMILES string of the molecule is COc1cnc(Cl)cc1-c1cc(C)ncc1C(=O)Nc1nc2c(s1)CN(Cc1ccncc1Br)CC2. The van der Waals surface area contributed by atoms with E-state index in [1.54, 1.807) is 31.8 Å². The van der Waals surface area contributed by atoms with Gasteiger partial charge in [-0.1, -0.05) is 11.6 Å². The lowest BCUT2D eigenvalue weighted by molar-refractivity contribution is 0.102. The molecule has 184 valence electrons. The first-order chi connectivity index (χ1) is 17.4. The minimum absolute atomic E-state index is 0.295. The predicted octanol–water partition coefficient (Wildman–Crippen LogP) is 5.54. The molecule has 0 saturated carbocycles. The number of aryl methyl sites for hydroxylation is 1. The minimum Gasteiger partial charge on any atom is -0.494 e. The average molecular weight is 586 g/mol. The van der Waals surface area contributed by atoms with E-state index in [1.165, 1.54) is 16.9 Å². The number of hydrogen-bond acceptors (Lipinski definition) is 8. The van der Waals surface area contributed by atoms with Crippen molar-refractivity contribution in [1.29, 1.82) is 0 Å². The molecular formula is C25H22BrClN6O2S. The summed E-state index contributed by atoms with van der Waals surface area (Å²) >= 11 is 11.2. The van der Waals surface area contributed by atoms with Crippen molar-refractivity contribution in [2.45, 2.75) is 26.4 Å². The monoisotopic (exact) mass is 584 g/mol. The number of thiazole rings is 1. The zero-order valence-corrected chi connectivity index (χ0v) is 22.7. The van der Waals surface area contributed by atoms with Crippen LogP contribution in [0.25, 0.3) is 11.1 Å². The fraction of sp³-hybridized carbons (Fsp3) is 0.240. The summed E-state index contributed by atoms with van der Waals surface area (Å²) in [4.78, 5) is 34.2.